The largest absolute Gasteiger partial charge is 0.494 e. The monoisotopic (exact) mass is 519 g/mol. The summed E-state index contributed by atoms with van der Waals surface area (Å²) >= 11 is 0. The molecule has 7 nitrogen and oxygen atoms in total. The summed E-state index contributed by atoms with van der Waals surface area (Å²) in [7, 11) is 3.20. The van der Waals surface area contributed by atoms with Crippen LogP contribution < -0.4 is 14.2 Å². The van der Waals surface area contributed by atoms with Gasteiger partial charge in [0.1, 0.15) is 11.7 Å². The van der Waals surface area contributed by atoms with Gasteiger partial charge in [0, 0.05) is 34.9 Å². The van der Waals surface area contributed by atoms with Gasteiger partial charge in [0.15, 0.2) is 17.3 Å². The summed E-state index contributed by atoms with van der Waals surface area (Å²) in [6, 6.07) is 13.4. The molecule has 0 saturated heterocycles. The van der Waals surface area contributed by atoms with Crippen molar-refractivity contribution in [1.29, 1.82) is 0 Å². The van der Waals surface area contributed by atoms with E-state index in [0.717, 1.165) is 16.8 Å². The fourth-order valence-corrected chi connectivity index (χ4v) is 5.42. The second kappa shape index (κ2) is 11.8. The van der Waals surface area contributed by atoms with E-state index in [-0.39, 0.29) is 23.8 Å². The standard InChI is InChI=1S/C31H37NO6/c1-7-18(3)38-31(34)28-19(4)32-23-15-21(20-13-14-26(35-5)27(17-20)36-6)16-24(33)30(23)29(28)22-11-9-10-12-25(22)37-8-2/h9-14,17-18,21,28-29H,7-8,15-16H2,1-6H3/t18-,21+,28?,29-/m0/s1. The molecule has 0 radical (unpaired) electrons. The zero-order valence-electron chi connectivity index (χ0n) is 23.1. The molecule has 1 aliphatic carbocycles. The molecular formula is C31H37NO6. The molecule has 1 aliphatic heterocycles. The molecule has 1 heterocycles. The van der Waals surface area contributed by atoms with E-state index in [1.807, 2.05) is 70.2 Å². The van der Waals surface area contributed by atoms with E-state index in [9.17, 15) is 9.59 Å². The fraction of sp³-hybridized carbons (Fsp3) is 0.452. The van der Waals surface area contributed by atoms with E-state index in [2.05, 4.69) is 0 Å². The molecule has 0 fully saturated rings. The number of esters is 1. The van der Waals surface area contributed by atoms with Gasteiger partial charge in [-0.25, -0.2) is 0 Å². The minimum absolute atomic E-state index is 0.0140. The molecule has 7 heteroatoms. The Labute approximate surface area is 224 Å². The van der Waals surface area contributed by atoms with Crippen LogP contribution in [-0.2, 0) is 14.3 Å². The third-order valence-corrected chi connectivity index (χ3v) is 7.47. The zero-order valence-corrected chi connectivity index (χ0v) is 23.1. The number of aliphatic imine (C=N–C) groups is 1. The van der Waals surface area contributed by atoms with E-state index in [4.69, 9.17) is 23.9 Å². The topological polar surface area (TPSA) is 83.4 Å². The maximum Gasteiger partial charge on any atom is 0.315 e. The summed E-state index contributed by atoms with van der Waals surface area (Å²) in [4.78, 5) is 32.3. The molecule has 0 spiro atoms. The average molecular weight is 520 g/mol. The number of methoxy groups -OCH3 is 2. The molecule has 4 atom stereocenters. The molecule has 0 N–H and O–H groups in total. The lowest BCUT2D eigenvalue weighted by Gasteiger charge is -2.37. The van der Waals surface area contributed by atoms with Crippen molar-refractivity contribution in [2.75, 3.05) is 20.8 Å². The van der Waals surface area contributed by atoms with Crippen LogP contribution in [0.4, 0.5) is 0 Å². The Morgan fingerprint density at radius 2 is 1.76 bits per heavy atom. The van der Waals surface area contributed by atoms with E-state index in [0.29, 0.717) is 54.4 Å². The summed E-state index contributed by atoms with van der Waals surface area (Å²) in [5, 5.41) is 0. The van der Waals surface area contributed by atoms with Crippen LogP contribution >= 0.6 is 0 Å². The van der Waals surface area contributed by atoms with Crippen molar-refractivity contribution in [2.24, 2.45) is 10.9 Å². The van der Waals surface area contributed by atoms with E-state index in [1.54, 1.807) is 14.2 Å². The normalized spacial score (nSPS) is 21.8. The highest BCUT2D eigenvalue weighted by molar-refractivity contribution is 6.09. The predicted molar refractivity (Wildman–Crippen MR) is 146 cm³/mol. The van der Waals surface area contributed by atoms with Crippen molar-refractivity contribution < 1.29 is 28.5 Å². The number of ketones is 1. The number of hydrogen-bond donors (Lipinski definition) is 0. The lowest BCUT2D eigenvalue weighted by Crippen LogP contribution is -2.39. The van der Waals surface area contributed by atoms with Crippen LogP contribution in [0.2, 0.25) is 0 Å². The van der Waals surface area contributed by atoms with Gasteiger partial charge >= 0.3 is 5.97 Å². The first-order valence-electron chi connectivity index (χ1n) is 13.3. The molecule has 0 bridgehead atoms. The Kier molecular flexibility index (Phi) is 8.55. The molecule has 1 unspecified atom stereocenters. The summed E-state index contributed by atoms with van der Waals surface area (Å²) in [6.45, 7) is 8.10. The number of benzene rings is 2. The smallest absolute Gasteiger partial charge is 0.315 e. The first-order valence-corrected chi connectivity index (χ1v) is 13.3. The summed E-state index contributed by atoms with van der Waals surface area (Å²) in [5.41, 5.74) is 3.75. The van der Waals surface area contributed by atoms with Crippen LogP contribution in [0.5, 0.6) is 17.2 Å². The van der Waals surface area contributed by atoms with Crippen LogP contribution in [-0.4, -0.2) is 44.4 Å². The van der Waals surface area contributed by atoms with Crippen LogP contribution in [0.25, 0.3) is 0 Å². The number of rotatable bonds is 9. The molecule has 0 saturated carbocycles. The number of hydrogen-bond acceptors (Lipinski definition) is 7. The number of para-hydroxylation sites is 1. The summed E-state index contributed by atoms with van der Waals surface area (Å²) < 4.78 is 22.6. The van der Waals surface area contributed by atoms with Crippen molar-refractivity contribution in [3.05, 3.63) is 64.9 Å². The van der Waals surface area contributed by atoms with Gasteiger partial charge in [0.25, 0.3) is 0 Å². The maximum atomic E-state index is 13.9. The minimum atomic E-state index is -0.703. The van der Waals surface area contributed by atoms with Gasteiger partial charge < -0.3 is 18.9 Å². The average Bonchev–Trinajstić information content (AvgIpc) is 2.92. The predicted octanol–water partition coefficient (Wildman–Crippen LogP) is 6.02. The fourth-order valence-electron chi connectivity index (χ4n) is 5.42. The van der Waals surface area contributed by atoms with Gasteiger partial charge in [-0.05, 0) is 63.3 Å². The number of Topliss-reactive ketones (excluding diaryl/α,β-unsaturated/α-hetero) is 1. The van der Waals surface area contributed by atoms with Crippen LogP contribution in [0.15, 0.2) is 58.7 Å². The third-order valence-electron chi connectivity index (χ3n) is 7.47. The maximum absolute atomic E-state index is 13.9. The first-order chi connectivity index (χ1) is 18.3. The van der Waals surface area contributed by atoms with Crippen molar-refractivity contribution in [1.82, 2.24) is 0 Å². The summed E-state index contributed by atoms with van der Waals surface area (Å²) in [5.74, 6) is 0.253. The van der Waals surface area contributed by atoms with Gasteiger partial charge in [0.05, 0.1) is 26.9 Å². The van der Waals surface area contributed by atoms with Gasteiger partial charge in [-0.1, -0.05) is 31.2 Å². The van der Waals surface area contributed by atoms with Crippen molar-refractivity contribution in [3.63, 3.8) is 0 Å². The SMILES string of the molecule is CCOc1ccccc1[C@@H]1C2=C(C[C@@H](c3ccc(OC)c(OC)c3)CC2=O)N=C(C)C1C(=O)O[C@@H](C)CC. The first kappa shape index (κ1) is 27.4. The van der Waals surface area contributed by atoms with Gasteiger partial charge in [-0.3, -0.25) is 14.6 Å². The highest BCUT2D eigenvalue weighted by Gasteiger charge is 2.46. The lowest BCUT2D eigenvalue weighted by molar-refractivity contribution is -0.151. The third kappa shape index (κ3) is 5.33. The second-order valence-electron chi connectivity index (χ2n) is 9.84. The number of nitrogens with zero attached hydrogens (tertiary/aromatic N) is 1. The number of ether oxygens (including phenoxy) is 4. The van der Waals surface area contributed by atoms with Gasteiger partial charge in [-0.2, -0.15) is 0 Å². The number of carbonyl (C=O) groups excluding carboxylic acids is 2. The Hall–Kier alpha value is -3.61. The van der Waals surface area contributed by atoms with Crippen LogP contribution in [0.3, 0.4) is 0 Å². The lowest BCUT2D eigenvalue weighted by atomic mass is 9.69. The molecule has 38 heavy (non-hydrogen) atoms. The molecule has 202 valence electrons. The van der Waals surface area contributed by atoms with Crippen molar-refractivity contribution in [3.8, 4) is 17.2 Å². The molecule has 2 aromatic rings. The van der Waals surface area contributed by atoms with Gasteiger partial charge in [-0.15, -0.1) is 0 Å². The molecule has 2 aromatic carbocycles. The molecular weight excluding hydrogens is 482 g/mol. The van der Waals surface area contributed by atoms with E-state index < -0.39 is 11.8 Å². The Morgan fingerprint density at radius 3 is 2.45 bits per heavy atom. The number of carbonyl (C=O) groups is 2. The van der Waals surface area contributed by atoms with Gasteiger partial charge in [0.2, 0.25) is 0 Å². The molecule has 0 aromatic heterocycles. The van der Waals surface area contributed by atoms with Crippen LogP contribution in [0, 0.1) is 5.92 Å². The van der Waals surface area contributed by atoms with E-state index in [1.165, 1.54) is 0 Å². The van der Waals surface area contributed by atoms with Crippen molar-refractivity contribution in [2.45, 2.75) is 64.9 Å². The Balaban J connectivity index is 1.80. The molecule has 2 aliphatic rings. The molecule has 0 amide bonds. The summed E-state index contributed by atoms with van der Waals surface area (Å²) in [6.07, 6.45) is 1.36. The molecule has 4 rings (SSSR count). The zero-order chi connectivity index (χ0) is 27.4. The highest BCUT2D eigenvalue weighted by Crippen LogP contribution is 2.49. The minimum Gasteiger partial charge on any atom is -0.494 e. The van der Waals surface area contributed by atoms with E-state index >= 15 is 0 Å². The second-order valence-corrected chi connectivity index (χ2v) is 9.84. The Morgan fingerprint density at radius 1 is 1.03 bits per heavy atom. The Bertz CT molecular complexity index is 1260. The van der Waals surface area contributed by atoms with Crippen molar-refractivity contribution >= 4 is 17.5 Å². The quantitative estimate of drug-likeness (QED) is 0.377. The number of allylic oxidation sites excluding steroid dienone is 2. The highest BCUT2D eigenvalue weighted by atomic mass is 16.5. The van der Waals surface area contributed by atoms with Crippen LogP contribution in [0.1, 0.15) is 69.9 Å².